The largest absolute Gasteiger partial charge is 0.399 e. The summed E-state index contributed by atoms with van der Waals surface area (Å²) in [5.41, 5.74) is 7.30. The fourth-order valence-electron chi connectivity index (χ4n) is 3.24. The predicted molar refractivity (Wildman–Crippen MR) is 119 cm³/mol. The fraction of sp³-hybridized carbons (Fsp3) is 0.261. The molecule has 0 radical (unpaired) electrons. The number of nitrogen functional groups attached to an aromatic ring is 1. The molecule has 33 heavy (non-hydrogen) atoms. The lowest BCUT2D eigenvalue weighted by Gasteiger charge is -2.23. The molecule has 10 heteroatoms. The summed E-state index contributed by atoms with van der Waals surface area (Å²) in [5, 5.41) is 22.0. The van der Waals surface area contributed by atoms with Crippen LogP contribution in [0.2, 0.25) is 0 Å². The first-order chi connectivity index (χ1) is 15.5. The molecule has 6 N–H and O–H groups in total. The molecule has 0 spiro atoms. The number of H-pyrrole nitrogens is 1. The van der Waals surface area contributed by atoms with Gasteiger partial charge in [0.2, 0.25) is 5.91 Å². The van der Waals surface area contributed by atoms with Gasteiger partial charge in [-0.1, -0.05) is 26.0 Å². The Labute approximate surface area is 189 Å². The molecule has 0 aliphatic rings. The van der Waals surface area contributed by atoms with Gasteiger partial charge in [-0.05, 0) is 42.3 Å². The molecule has 0 aliphatic carbocycles. The maximum atomic E-state index is 13.3. The number of nitrogens with two attached hydrogens (primary N) is 1. The number of carbonyl (C=O) groups excluding carboxylic acids is 2. The molecule has 0 bridgehead atoms. The number of aliphatic hydroxyl groups excluding tert-OH is 1. The second kappa shape index (κ2) is 9.37. The molecule has 174 valence electrons. The van der Waals surface area contributed by atoms with Crippen LogP contribution in [0.15, 0.2) is 48.5 Å². The molecule has 0 unspecified atom stereocenters. The van der Waals surface area contributed by atoms with Crippen LogP contribution in [0.5, 0.6) is 0 Å². The van der Waals surface area contributed by atoms with Crippen molar-refractivity contribution in [2.75, 3.05) is 11.1 Å². The summed E-state index contributed by atoms with van der Waals surface area (Å²) in [6, 6.07) is 10.3. The number of benzene rings is 2. The average molecular weight is 457 g/mol. The predicted octanol–water partition coefficient (Wildman–Crippen LogP) is 2.77. The van der Waals surface area contributed by atoms with Gasteiger partial charge in [-0.2, -0.15) is 5.10 Å². The number of aromatic amines is 1. The number of amides is 2. The van der Waals surface area contributed by atoms with E-state index < -0.39 is 41.0 Å². The van der Waals surface area contributed by atoms with Gasteiger partial charge in [0.25, 0.3) is 5.91 Å². The topological polar surface area (TPSA) is 133 Å². The zero-order valence-corrected chi connectivity index (χ0v) is 18.3. The van der Waals surface area contributed by atoms with Gasteiger partial charge in [0.1, 0.15) is 23.5 Å². The first kappa shape index (κ1) is 23.9. The highest BCUT2D eigenvalue weighted by molar-refractivity contribution is 5.97. The summed E-state index contributed by atoms with van der Waals surface area (Å²) < 4.78 is 26.7. The van der Waals surface area contributed by atoms with Gasteiger partial charge in [0.15, 0.2) is 6.10 Å². The van der Waals surface area contributed by atoms with E-state index in [-0.39, 0.29) is 5.56 Å². The third-order valence-corrected chi connectivity index (χ3v) is 5.31. The van der Waals surface area contributed by atoms with Crippen molar-refractivity contribution in [2.45, 2.75) is 38.3 Å². The minimum atomic E-state index is -1.84. The minimum Gasteiger partial charge on any atom is -0.399 e. The monoisotopic (exact) mass is 457 g/mol. The highest BCUT2D eigenvalue weighted by Crippen LogP contribution is 2.31. The van der Waals surface area contributed by atoms with Crippen LogP contribution >= 0.6 is 0 Å². The third-order valence-electron chi connectivity index (χ3n) is 5.31. The van der Waals surface area contributed by atoms with Crippen LogP contribution in [-0.4, -0.2) is 33.2 Å². The zero-order valence-electron chi connectivity index (χ0n) is 18.3. The number of aliphatic hydroxyl groups is 1. The van der Waals surface area contributed by atoms with Gasteiger partial charge in [0.05, 0.1) is 5.69 Å². The van der Waals surface area contributed by atoms with E-state index in [0.717, 1.165) is 17.7 Å². The molecule has 2 aromatic carbocycles. The number of halogens is 2. The Kier molecular flexibility index (Phi) is 6.78. The average Bonchev–Trinajstić information content (AvgIpc) is 3.22. The fourth-order valence-corrected chi connectivity index (χ4v) is 3.24. The maximum absolute atomic E-state index is 13.3. The van der Waals surface area contributed by atoms with Gasteiger partial charge in [-0.15, -0.1) is 0 Å². The number of nitrogens with zero attached hydrogens (tertiary/aromatic N) is 1. The first-order valence-corrected chi connectivity index (χ1v) is 10.1. The van der Waals surface area contributed by atoms with E-state index in [4.69, 9.17) is 5.73 Å². The molecule has 0 saturated heterocycles. The van der Waals surface area contributed by atoms with Crippen molar-refractivity contribution in [2.24, 2.45) is 0 Å². The molecule has 0 saturated carbocycles. The van der Waals surface area contributed by atoms with Crippen molar-refractivity contribution in [3.8, 4) is 0 Å². The second-order valence-corrected chi connectivity index (χ2v) is 8.24. The van der Waals surface area contributed by atoms with E-state index in [1.807, 2.05) is 26.0 Å². The van der Waals surface area contributed by atoms with Crippen molar-refractivity contribution in [1.82, 2.24) is 15.5 Å². The Balaban J connectivity index is 1.63. The molecule has 3 rings (SSSR count). The third kappa shape index (κ3) is 5.53. The van der Waals surface area contributed by atoms with Crippen molar-refractivity contribution < 1.29 is 23.5 Å². The number of hydrogen-bond donors (Lipinski definition) is 5. The number of hydrogen-bond acceptors (Lipinski definition) is 5. The van der Waals surface area contributed by atoms with Crippen LogP contribution in [0.1, 0.15) is 43.7 Å². The van der Waals surface area contributed by atoms with Gasteiger partial charge >= 0.3 is 0 Å². The summed E-state index contributed by atoms with van der Waals surface area (Å²) in [6.07, 6.45) is -1.84. The van der Waals surface area contributed by atoms with Crippen molar-refractivity contribution in [3.05, 3.63) is 77.0 Å². The normalized spacial score (nSPS) is 13.3. The standard InChI is InChI=1S/C23H25F2N5O3/c1-12(27-22(33)20(31)13-8-15(24)10-16(25)9-13)21(32)28-19-11-18(29-30-19)23(2,3)14-4-6-17(26)7-5-14/h4-12,20,31H,26H2,1-3H3,(H,27,33)(H2,28,29,30,32)/t12-,20-/m0/s1. The summed E-state index contributed by atoms with van der Waals surface area (Å²) >= 11 is 0. The lowest BCUT2D eigenvalue weighted by molar-refractivity contribution is -0.132. The summed E-state index contributed by atoms with van der Waals surface area (Å²) in [5.74, 6) is -3.11. The van der Waals surface area contributed by atoms with Crippen LogP contribution < -0.4 is 16.4 Å². The van der Waals surface area contributed by atoms with E-state index in [9.17, 15) is 23.5 Å². The van der Waals surface area contributed by atoms with E-state index in [0.29, 0.717) is 23.3 Å². The lowest BCUT2D eigenvalue weighted by Crippen LogP contribution is -2.43. The minimum absolute atomic E-state index is 0.263. The smallest absolute Gasteiger partial charge is 0.254 e. The molecule has 2 atom stereocenters. The van der Waals surface area contributed by atoms with Crippen LogP contribution in [0, 0.1) is 11.6 Å². The number of anilines is 2. The highest BCUT2D eigenvalue weighted by Gasteiger charge is 2.27. The maximum Gasteiger partial charge on any atom is 0.254 e. The Hall–Kier alpha value is -3.79. The molecular weight excluding hydrogens is 432 g/mol. The molecule has 0 fully saturated rings. The summed E-state index contributed by atoms with van der Waals surface area (Å²) in [6.45, 7) is 5.35. The quantitative estimate of drug-likeness (QED) is 0.348. The second-order valence-electron chi connectivity index (χ2n) is 8.24. The Bertz CT molecular complexity index is 1140. The van der Waals surface area contributed by atoms with Gasteiger partial charge in [0, 0.05) is 23.2 Å². The summed E-state index contributed by atoms with van der Waals surface area (Å²) in [4.78, 5) is 24.7. The Morgan fingerprint density at radius 3 is 2.27 bits per heavy atom. The van der Waals surface area contributed by atoms with Crippen molar-refractivity contribution in [1.29, 1.82) is 0 Å². The van der Waals surface area contributed by atoms with Crippen molar-refractivity contribution >= 4 is 23.3 Å². The van der Waals surface area contributed by atoms with Gasteiger partial charge < -0.3 is 21.5 Å². The SMILES string of the molecule is C[C@H](NC(=O)[C@@H](O)c1cc(F)cc(F)c1)C(=O)Nc1cc(C(C)(C)c2ccc(N)cc2)n[nH]1. The van der Waals surface area contributed by atoms with E-state index in [2.05, 4.69) is 20.8 Å². The molecule has 1 aromatic heterocycles. The molecule has 2 amide bonds. The highest BCUT2D eigenvalue weighted by atomic mass is 19.1. The van der Waals surface area contributed by atoms with Gasteiger partial charge in [-0.3, -0.25) is 14.7 Å². The summed E-state index contributed by atoms with van der Waals surface area (Å²) in [7, 11) is 0. The van der Waals surface area contributed by atoms with Gasteiger partial charge in [-0.25, -0.2) is 8.78 Å². The molecule has 8 nitrogen and oxygen atoms in total. The van der Waals surface area contributed by atoms with E-state index in [1.54, 1.807) is 18.2 Å². The van der Waals surface area contributed by atoms with Crippen molar-refractivity contribution in [3.63, 3.8) is 0 Å². The zero-order chi connectivity index (χ0) is 24.3. The van der Waals surface area contributed by atoms with Crippen LogP contribution in [0.4, 0.5) is 20.3 Å². The lowest BCUT2D eigenvalue weighted by atomic mass is 9.81. The number of rotatable bonds is 7. The van der Waals surface area contributed by atoms with E-state index >= 15 is 0 Å². The van der Waals surface area contributed by atoms with Crippen LogP contribution in [0.3, 0.4) is 0 Å². The molecule has 0 aliphatic heterocycles. The van der Waals surface area contributed by atoms with E-state index in [1.165, 1.54) is 6.92 Å². The van der Waals surface area contributed by atoms with Crippen LogP contribution in [-0.2, 0) is 15.0 Å². The molecule has 3 aromatic rings. The molecule has 1 heterocycles. The Morgan fingerprint density at radius 1 is 1.06 bits per heavy atom. The number of aromatic nitrogens is 2. The molecular formula is C23H25F2N5O3. The number of nitrogens with one attached hydrogen (secondary N) is 3. The Morgan fingerprint density at radius 2 is 1.67 bits per heavy atom. The number of carbonyl (C=O) groups is 2. The first-order valence-electron chi connectivity index (χ1n) is 10.1. The van der Waals surface area contributed by atoms with Crippen LogP contribution in [0.25, 0.3) is 0 Å².